The van der Waals surface area contributed by atoms with Gasteiger partial charge in [-0.2, -0.15) is 0 Å². The van der Waals surface area contributed by atoms with Gasteiger partial charge in [-0.1, -0.05) is 0 Å². The van der Waals surface area contributed by atoms with Crippen molar-refractivity contribution in [2.24, 2.45) is 0 Å². The number of imide groups is 1. The van der Waals surface area contributed by atoms with Crippen LogP contribution >= 0.6 is 0 Å². The van der Waals surface area contributed by atoms with Crippen LogP contribution < -0.4 is 0 Å². The maximum Gasteiger partial charge on any atom is 0.327 e. The third-order valence-electron chi connectivity index (χ3n) is 2.80. The second-order valence-corrected chi connectivity index (χ2v) is 4.34. The monoisotopic (exact) mass is 212 g/mol. The predicted octanol–water partition coefficient (Wildman–Crippen LogP) is 0.184. The van der Waals surface area contributed by atoms with Crippen LogP contribution in [0, 0.1) is 0 Å². The van der Waals surface area contributed by atoms with Crippen molar-refractivity contribution in [3.8, 4) is 0 Å². The average Bonchev–Trinajstić information content (AvgIpc) is 2.92. The summed E-state index contributed by atoms with van der Waals surface area (Å²) in [7, 11) is 0. The highest BCUT2D eigenvalue weighted by Gasteiger charge is 2.44. The summed E-state index contributed by atoms with van der Waals surface area (Å²) < 4.78 is 0. The van der Waals surface area contributed by atoms with E-state index in [4.69, 9.17) is 5.11 Å². The number of nitrogens with zero attached hydrogens (tertiary/aromatic N) is 2. The molecule has 1 heterocycles. The normalized spacial score (nSPS) is 23.9. The quantitative estimate of drug-likeness (QED) is 0.676. The molecule has 1 atom stereocenters. The minimum Gasteiger partial charge on any atom is -0.393 e. The Hall–Kier alpha value is -1.10. The maximum atomic E-state index is 11.8. The molecule has 5 nitrogen and oxygen atoms in total. The topological polar surface area (TPSA) is 60.9 Å². The Labute approximate surface area is 88.6 Å². The highest BCUT2D eigenvalue weighted by atomic mass is 16.3. The van der Waals surface area contributed by atoms with Crippen LogP contribution in [0.4, 0.5) is 4.79 Å². The summed E-state index contributed by atoms with van der Waals surface area (Å²) in [5, 5.41) is 9.12. The van der Waals surface area contributed by atoms with Crippen molar-refractivity contribution in [2.45, 2.75) is 38.3 Å². The van der Waals surface area contributed by atoms with E-state index in [2.05, 4.69) is 0 Å². The van der Waals surface area contributed by atoms with Gasteiger partial charge in [0.1, 0.15) is 6.54 Å². The van der Waals surface area contributed by atoms with Crippen molar-refractivity contribution in [1.82, 2.24) is 9.80 Å². The van der Waals surface area contributed by atoms with Crippen molar-refractivity contribution in [2.75, 3.05) is 13.1 Å². The highest BCUT2D eigenvalue weighted by molar-refractivity contribution is 6.02. The lowest BCUT2D eigenvalue weighted by molar-refractivity contribution is -0.125. The van der Waals surface area contributed by atoms with Crippen LogP contribution in [0.3, 0.4) is 0 Å². The van der Waals surface area contributed by atoms with Gasteiger partial charge in [0.25, 0.3) is 5.91 Å². The second kappa shape index (κ2) is 3.81. The van der Waals surface area contributed by atoms with E-state index in [-0.39, 0.29) is 24.5 Å². The van der Waals surface area contributed by atoms with Crippen LogP contribution in [-0.2, 0) is 4.79 Å². The summed E-state index contributed by atoms with van der Waals surface area (Å²) in [6.07, 6.45) is 1.99. The van der Waals surface area contributed by atoms with Gasteiger partial charge in [0.15, 0.2) is 0 Å². The number of aliphatic hydroxyl groups is 1. The highest BCUT2D eigenvalue weighted by Crippen LogP contribution is 2.30. The number of carbonyl (C=O) groups is 2. The Morgan fingerprint density at radius 3 is 2.67 bits per heavy atom. The average molecular weight is 212 g/mol. The van der Waals surface area contributed by atoms with Crippen LogP contribution in [0.15, 0.2) is 0 Å². The second-order valence-electron chi connectivity index (χ2n) is 4.34. The minimum atomic E-state index is -0.428. The fourth-order valence-corrected chi connectivity index (χ4v) is 1.78. The van der Waals surface area contributed by atoms with Crippen LogP contribution in [-0.4, -0.2) is 52.1 Å². The molecule has 2 rings (SSSR count). The summed E-state index contributed by atoms with van der Waals surface area (Å²) in [6.45, 7) is 2.33. The summed E-state index contributed by atoms with van der Waals surface area (Å²) >= 11 is 0. The van der Waals surface area contributed by atoms with Gasteiger partial charge in [-0.15, -0.1) is 0 Å². The summed E-state index contributed by atoms with van der Waals surface area (Å²) in [5.41, 5.74) is 0. The Kier molecular flexibility index (Phi) is 2.65. The zero-order chi connectivity index (χ0) is 11.0. The zero-order valence-electron chi connectivity index (χ0n) is 8.85. The summed E-state index contributed by atoms with van der Waals surface area (Å²) in [4.78, 5) is 26.2. The molecule has 1 N–H and O–H groups in total. The Morgan fingerprint density at radius 1 is 1.47 bits per heavy atom. The molecule has 0 radical (unpaired) electrons. The lowest BCUT2D eigenvalue weighted by atomic mass is 10.3. The molecule has 0 aromatic heterocycles. The summed E-state index contributed by atoms with van der Waals surface area (Å²) in [5.74, 6) is -0.0897. The maximum absolute atomic E-state index is 11.8. The minimum absolute atomic E-state index is 0.0897. The van der Waals surface area contributed by atoms with Crippen LogP contribution in [0.1, 0.15) is 26.2 Å². The molecule has 1 saturated carbocycles. The molecule has 3 amide bonds. The molecule has 0 bridgehead atoms. The van der Waals surface area contributed by atoms with Gasteiger partial charge in [0.05, 0.1) is 6.10 Å². The van der Waals surface area contributed by atoms with Crippen molar-refractivity contribution in [1.29, 1.82) is 0 Å². The van der Waals surface area contributed by atoms with Gasteiger partial charge in [-0.3, -0.25) is 9.69 Å². The van der Waals surface area contributed by atoms with E-state index in [1.165, 1.54) is 9.80 Å². The molecule has 0 aromatic carbocycles. The van der Waals surface area contributed by atoms with Crippen LogP contribution in [0.5, 0.6) is 0 Å². The van der Waals surface area contributed by atoms with Gasteiger partial charge >= 0.3 is 6.03 Å². The number of carbonyl (C=O) groups excluding carboxylic acids is 2. The molecule has 15 heavy (non-hydrogen) atoms. The van der Waals surface area contributed by atoms with E-state index in [0.717, 1.165) is 12.8 Å². The van der Waals surface area contributed by atoms with E-state index in [1.807, 2.05) is 0 Å². The molecule has 0 aromatic rings. The van der Waals surface area contributed by atoms with Gasteiger partial charge in [-0.25, -0.2) is 4.79 Å². The van der Waals surface area contributed by atoms with Crippen molar-refractivity contribution < 1.29 is 14.7 Å². The lowest BCUT2D eigenvalue weighted by Crippen LogP contribution is -2.35. The van der Waals surface area contributed by atoms with Gasteiger partial charge in [0, 0.05) is 12.6 Å². The first kappa shape index (κ1) is 10.4. The van der Waals surface area contributed by atoms with E-state index < -0.39 is 6.10 Å². The van der Waals surface area contributed by atoms with E-state index in [9.17, 15) is 9.59 Å². The third kappa shape index (κ3) is 2.12. The van der Waals surface area contributed by atoms with Gasteiger partial charge < -0.3 is 10.0 Å². The molecular formula is C10H16N2O3. The molecule has 1 saturated heterocycles. The lowest BCUT2D eigenvalue weighted by Gasteiger charge is -2.17. The zero-order valence-corrected chi connectivity index (χ0v) is 8.85. The number of hydrogen-bond donors (Lipinski definition) is 1. The molecule has 2 aliphatic rings. The smallest absolute Gasteiger partial charge is 0.327 e. The number of aliphatic hydroxyl groups excluding tert-OH is 1. The van der Waals surface area contributed by atoms with Crippen LogP contribution in [0.2, 0.25) is 0 Å². The molecule has 0 spiro atoms. The fraction of sp³-hybridized carbons (Fsp3) is 0.800. The predicted molar refractivity (Wildman–Crippen MR) is 53.1 cm³/mol. The van der Waals surface area contributed by atoms with Crippen molar-refractivity contribution >= 4 is 11.9 Å². The largest absolute Gasteiger partial charge is 0.393 e. The molecular weight excluding hydrogens is 196 g/mol. The number of rotatable bonds is 4. The van der Waals surface area contributed by atoms with E-state index >= 15 is 0 Å². The number of urea groups is 1. The van der Waals surface area contributed by atoms with Gasteiger partial charge in [0.2, 0.25) is 0 Å². The molecule has 5 heteroatoms. The standard InChI is InChI=1S/C10H16N2O3/c1-7(13)4-5-11-6-9(14)12(10(11)15)8-2-3-8/h7-8,13H,2-6H2,1H3. The third-order valence-corrected chi connectivity index (χ3v) is 2.80. The Bertz CT molecular complexity index is 286. The molecule has 1 unspecified atom stereocenters. The van der Waals surface area contributed by atoms with E-state index in [1.54, 1.807) is 6.92 Å². The molecule has 1 aliphatic carbocycles. The molecule has 84 valence electrons. The first-order chi connectivity index (χ1) is 7.09. The Morgan fingerprint density at radius 2 is 2.13 bits per heavy atom. The van der Waals surface area contributed by atoms with Crippen LogP contribution in [0.25, 0.3) is 0 Å². The number of hydrogen-bond acceptors (Lipinski definition) is 3. The first-order valence-corrected chi connectivity index (χ1v) is 5.38. The Balaban J connectivity index is 1.92. The fourth-order valence-electron chi connectivity index (χ4n) is 1.78. The molecule has 1 aliphatic heterocycles. The SMILES string of the molecule is CC(O)CCN1CC(=O)N(C2CC2)C1=O. The van der Waals surface area contributed by atoms with E-state index in [0.29, 0.717) is 13.0 Å². The van der Waals surface area contributed by atoms with Crippen molar-refractivity contribution in [3.05, 3.63) is 0 Å². The molecule has 2 fully saturated rings. The summed E-state index contributed by atoms with van der Waals surface area (Å²) in [6, 6.07) is -0.0234. The van der Waals surface area contributed by atoms with Crippen molar-refractivity contribution in [3.63, 3.8) is 0 Å². The first-order valence-electron chi connectivity index (χ1n) is 5.38. The number of amides is 3. The van der Waals surface area contributed by atoms with Gasteiger partial charge in [-0.05, 0) is 26.2 Å².